The Morgan fingerprint density at radius 1 is 1.44 bits per heavy atom. The summed E-state index contributed by atoms with van der Waals surface area (Å²) < 4.78 is 2.05. The zero-order valence-electron chi connectivity index (χ0n) is 5.13. The Morgan fingerprint density at radius 3 is 2.56 bits per heavy atom. The standard InChI is InChI=1S/C6H8N.2W/c1-3-4-5-6-7-2;;/h1,3-5,7H,2H3;;/q-1;;/b4-3-;;. The van der Waals surface area contributed by atoms with Gasteiger partial charge in [0.2, 0.25) is 0 Å². The Hall–Kier alpha value is 0.527. The van der Waals surface area contributed by atoms with Gasteiger partial charge >= 0.3 is 60.5 Å². The Bertz CT molecular complexity index is 108. The van der Waals surface area contributed by atoms with E-state index in [0.717, 1.165) is 0 Å². The Kier molecular flexibility index (Phi) is 15.4. The zero-order chi connectivity index (χ0) is 6.24. The van der Waals surface area contributed by atoms with Crippen molar-refractivity contribution in [2.24, 2.45) is 0 Å². The molecule has 0 aliphatic rings. The van der Waals surface area contributed by atoms with E-state index in [1.54, 1.807) is 0 Å². The topological polar surface area (TPSA) is 12.0 Å². The maximum atomic E-state index is 2.81. The molecule has 3 heteroatoms. The number of hydrogen-bond donors (Lipinski definition) is 1. The van der Waals surface area contributed by atoms with Crippen LogP contribution in [0.3, 0.4) is 0 Å². The van der Waals surface area contributed by atoms with Gasteiger partial charge in [0.25, 0.3) is 0 Å². The maximum Gasteiger partial charge on any atom is 0 e. The van der Waals surface area contributed by atoms with E-state index in [2.05, 4.69) is 11.5 Å². The molecule has 0 aromatic heterocycles. The molecular weight excluding hydrogens is 454 g/mol. The zero-order valence-corrected chi connectivity index (χ0v) is 11.0. The van der Waals surface area contributed by atoms with E-state index >= 15 is 0 Å². The van der Waals surface area contributed by atoms with Crippen molar-refractivity contribution < 1.29 is 40.4 Å². The molecule has 0 amide bonds. The van der Waals surface area contributed by atoms with E-state index in [-0.39, 0.29) is 21.1 Å². The summed E-state index contributed by atoms with van der Waals surface area (Å²) in [7, 11) is 1.82. The van der Waals surface area contributed by atoms with E-state index in [9.17, 15) is 0 Å². The molecule has 0 radical (unpaired) electrons. The van der Waals surface area contributed by atoms with Gasteiger partial charge < -0.3 is 0 Å². The largest absolute Gasteiger partial charge is 0 e. The second-order valence-corrected chi connectivity index (χ2v) is 2.06. The van der Waals surface area contributed by atoms with Crippen molar-refractivity contribution in [3.8, 4) is 0 Å². The monoisotopic (exact) mass is 462 g/mol. The van der Waals surface area contributed by atoms with Gasteiger partial charge in [-0.15, -0.1) is 0 Å². The normalized spacial score (nSPS) is 9.44. The van der Waals surface area contributed by atoms with Crippen LogP contribution in [-0.4, -0.2) is 11.4 Å². The van der Waals surface area contributed by atoms with Gasteiger partial charge in [-0.05, 0) is 0 Å². The molecule has 0 aromatic carbocycles. The Morgan fingerprint density at radius 2 is 2.11 bits per heavy atom. The number of rotatable bonds is 3. The number of hydrogen-bond acceptors (Lipinski definition) is 1. The van der Waals surface area contributed by atoms with Crippen LogP contribution in [0.5, 0.6) is 0 Å². The van der Waals surface area contributed by atoms with Crippen LogP contribution in [0.15, 0.2) is 18.2 Å². The third kappa shape index (κ3) is 11.9. The molecule has 0 fully saturated rings. The molecule has 50 valence electrons. The molecule has 0 heterocycles. The summed E-state index contributed by atoms with van der Waals surface area (Å²) in [6.07, 6.45) is 8.56. The second-order valence-electron chi connectivity index (χ2n) is 1.08. The minimum absolute atomic E-state index is 0. The van der Waals surface area contributed by atoms with Crippen LogP contribution in [0.25, 0.3) is 0 Å². The summed E-state index contributed by atoms with van der Waals surface area (Å²) in [5, 5.41) is 2.76. The van der Waals surface area contributed by atoms with Crippen LogP contribution < -0.4 is 5.32 Å². The summed E-state index contributed by atoms with van der Waals surface area (Å²) in [4.78, 5) is 0. The fourth-order valence-corrected chi connectivity index (χ4v) is 0.558. The third-order valence-corrected chi connectivity index (χ3v) is 1.08. The van der Waals surface area contributed by atoms with Gasteiger partial charge in [-0.25, -0.2) is 0 Å². The minimum Gasteiger partial charge on any atom is 0 e. The number of allylic oxidation sites excluding steroid dienone is 3. The van der Waals surface area contributed by atoms with Gasteiger partial charge in [0.15, 0.2) is 0 Å². The predicted molar refractivity (Wildman–Crippen MR) is 32.1 cm³/mol. The molecule has 0 saturated heterocycles. The van der Waals surface area contributed by atoms with Crippen LogP contribution in [0.1, 0.15) is 0 Å². The summed E-state index contributed by atoms with van der Waals surface area (Å²) >= 11 is 1.47. The van der Waals surface area contributed by atoms with E-state index in [0.29, 0.717) is 0 Å². The number of nitrogens with one attached hydrogen (secondary N) is 1. The summed E-state index contributed by atoms with van der Waals surface area (Å²) in [5.41, 5.74) is 0. The van der Waals surface area contributed by atoms with E-state index in [4.69, 9.17) is 0 Å². The van der Waals surface area contributed by atoms with Gasteiger partial charge in [0.1, 0.15) is 0 Å². The molecule has 9 heavy (non-hydrogen) atoms. The van der Waals surface area contributed by atoms with Crippen molar-refractivity contribution in [2.75, 3.05) is 7.05 Å². The quantitative estimate of drug-likeness (QED) is 0.365. The SMILES string of the molecule is CN[C-]=C/C=C\[CH]=[W].[W]. The first kappa shape index (κ1) is 12.2. The molecule has 0 bridgehead atoms. The van der Waals surface area contributed by atoms with Gasteiger partial charge in [-0.2, -0.15) is 0 Å². The van der Waals surface area contributed by atoms with Gasteiger partial charge in [-0.3, -0.25) is 0 Å². The van der Waals surface area contributed by atoms with Crippen molar-refractivity contribution >= 4 is 4.40 Å². The van der Waals surface area contributed by atoms with Crippen molar-refractivity contribution in [2.45, 2.75) is 0 Å². The summed E-state index contributed by atoms with van der Waals surface area (Å²) in [6, 6.07) is 0. The van der Waals surface area contributed by atoms with Crippen molar-refractivity contribution in [1.29, 1.82) is 0 Å². The van der Waals surface area contributed by atoms with Gasteiger partial charge in [0, 0.05) is 21.1 Å². The molecule has 0 saturated carbocycles. The molecule has 0 rings (SSSR count). The van der Waals surface area contributed by atoms with Crippen molar-refractivity contribution in [3.63, 3.8) is 0 Å². The summed E-state index contributed by atoms with van der Waals surface area (Å²) in [5.74, 6) is 0. The fourth-order valence-electron chi connectivity index (χ4n) is 0.232. The molecule has 0 aliphatic carbocycles. The smallest absolute Gasteiger partial charge is 0 e. The van der Waals surface area contributed by atoms with E-state index in [1.165, 1.54) is 19.4 Å². The summed E-state index contributed by atoms with van der Waals surface area (Å²) in [6.45, 7) is 0. The van der Waals surface area contributed by atoms with Crippen LogP contribution in [-0.2, 0) is 40.4 Å². The van der Waals surface area contributed by atoms with Crippen molar-refractivity contribution in [3.05, 3.63) is 24.4 Å². The first-order chi connectivity index (χ1) is 3.91. The first-order valence-corrected chi connectivity index (χ1v) is 3.97. The van der Waals surface area contributed by atoms with Crippen molar-refractivity contribution in [1.82, 2.24) is 5.32 Å². The van der Waals surface area contributed by atoms with Crippen LogP contribution in [0, 0.1) is 6.20 Å². The Labute approximate surface area is 81.3 Å². The molecule has 0 aliphatic heterocycles. The second kappa shape index (κ2) is 11.3. The van der Waals surface area contributed by atoms with Crippen LogP contribution in [0.4, 0.5) is 0 Å². The maximum absolute atomic E-state index is 2.81. The predicted octanol–water partition coefficient (Wildman–Crippen LogP) is 0.425. The molecule has 0 aromatic rings. The molecule has 1 N–H and O–H groups in total. The fraction of sp³-hybridized carbons (Fsp3) is 0.167. The Balaban J connectivity index is 0. The molecule has 0 spiro atoms. The molecule has 1 nitrogen and oxygen atoms in total. The van der Waals surface area contributed by atoms with Crippen LogP contribution in [0.2, 0.25) is 0 Å². The van der Waals surface area contributed by atoms with Crippen LogP contribution >= 0.6 is 0 Å². The first-order valence-electron chi connectivity index (χ1n) is 2.27. The third-order valence-electron chi connectivity index (χ3n) is 0.514. The molecule has 0 atom stereocenters. The van der Waals surface area contributed by atoms with E-state index in [1.807, 2.05) is 29.7 Å². The average Bonchev–Trinajstić information content (AvgIpc) is 1.81. The molecule has 0 unspecified atom stereocenters. The average molecular weight is 462 g/mol. The van der Waals surface area contributed by atoms with Gasteiger partial charge in [-0.1, -0.05) is 0 Å². The minimum atomic E-state index is 0. The van der Waals surface area contributed by atoms with Gasteiger partial charge in [0.05, 0.1) is 0 Å². The van der Waals surface area contributed by atoms with E-state index < -0.39 is 0 Å². The molecular formula is C6H8NW2-.